The number of hydrogen-bond acceptors (Lipinski definition) is 3. The summed E-state index contributed by atoms with van der Waals surface area (Å²) < 4.78 is 26.2. The van der Waals surface area contributed by atoms with E-state index in [-0.39, 0.29) is 11.1 Å². The molecule has 0 spiro atoms. The summed E-state index contributed by atoms with van der Waals surface area (Å²) in [5.41, 5.74) is 0. The Morgan fingerprint density at radius 1 is 1.53 bits per heavy atom. The molecule has 0 atom stereocenters. The minimum Gasteiger partial charge on any atom is -0.332 e. The monoisotopic (exact) mass is 229 g/mol. The summed E-state index contributed by atoms with van der Waals surface area (Å²) in [6.45, 7) is 3.84. The van der Waals surface area contributed by atoms with Gasteiger partial charge in [-0.05, 0) is 25.7 Å². The predicted molar refractivity (Wildman–Crippen MR) is 55.8 cm³/mol. The van der Waals surface area contributed by atoms with Crippen LogP contribution in [0.2, 0.25) is 0 Å². The third kappa shape index (κ3) is 2.21. The summed E-state index contributed by atoms with van der Waals surface area (Å²) >= 11 is 0. The van der Waals surface area contributed by atoms with Crippen molar-refractivity contribution in [3.05, 3.63) is 12.0 Å². The maximum atomic E-state index is 11.8. The molecule has 1 aromatic rings. The highest BCUT2D eigenvalue weighted by Crippen LogP contribution is 2.27. The molecule has 84 valence electrons. The molecule has 5 nitrogen and oxygen atoms in total. The number of imidazole rings is 1. The van der Waals surface area contributed by atoms with Crippen molar-refractivity contribution in [3.63, 3.8) is 0 Å². The van der Waals surface area contributed by atoms with Gasteiger partial charge in [-0.2, -0.15) is 0 Å². The molecule has 0 radical (unpaired) electrons. The molecular formula is C9H15N3O2S. The van der Waals surface area contributed by atoms with Gasteiger partial charge in [0.25, 0.3) is 10.0 Å². The molecule has 0 saturated heterocycles. The fraction of sp³-hybridized carbons (Fsp3) is 0.667. The van der Waals surface area contributed by atoms with Gasteiger partial charge in [-0.25, -0.2) is 18.1 Å². The highest BCUT2D eigenvalue weighted by atomic mass is 32.2. The van der Waals surface area contributed by atoms with Crippen LogP contribution in [-0.2, 0) is 10.0 Å². The van der Waals surface area contributed by atoms with Gasteiger partial charge in [-0.15, -0.1) is 0 Å². The Labute approximate surface area is 89.4 Å². The molecule has 0 aromatic carbocycles. The van der Waals surface area contributed by atoms with Crippen LogP contribution in [0.3, 0.4) is 0 Å². The molecule has 1 heterocycles. The second-order valence-electron chi connectivity index (χ2n) is 4.23. The number of aromatic amines is 1. The molecule has 2 N–H and O–H groups in total. The van der Waals surface area contributed by atoms with Crippen LogP contribution in [-0.4, -0.2) is 24.4 Å². The zero-order valence-electron chi connectivity index (χ0n) is 8.82. The minimum atomic E-state index is -3.39. The highest BCUT2D eigenvalue weighted by molar-refractivity contribution is 7.89. The second kappa shape index (κ2) is 3.61. The Morgan fingerprint density at radius 2 is 2.20 bits per heavy atom. The number of rotatable bonds is 3. The second-order valence-corrected chi connectivity index (χ2v) is 5.91. The summed E-state index contributed by atoms with van der Waals surface area (Å²) in [6, 6.07) is 0.0913. The molecular weight excluding hydrogens is 214 g/mol. The molecule has 15 heavy (non-hydrogen) atoms. The fourth-order valence-electron chi connectivity index (χ4n) is 1.82. The van der Waals surface area contributed by atoms with Crippen molar-refractivity contribution in [2.75, 3.05) is 0 Å². The first-order valence-corrected chi connectivity index (χ1v) is 6.49. The fourth-order valence-corrected chi connectivity index (χ4v) is 3.05. The van der Waals surface area contributed by atoms with E-state index in [1.165, 1.54) is 6.20 Å². The largest absolute Gasteiger partial charge is 0.332 e. The van der Waals surface area contributed by atoms with Crippen LogP contribution in [0.5, 0.6) is 0 Å². The SMILES string of the molecule is Cc1ncc(S(=O)(=O)NC2CC(C)C2)[nH]1. The van der Waals surface area contributed by atoms with Crippen LogP contribution < -0.4 is 4.72 Å². The Morgan fingerprint density at radius 3 is 2.67 bits per heavy atom. The van der Waals surface area contributed by atoms with Crippen molar-refractivity contribution in [1.29, 1.82) is 0 Å². The van der Waals surface area contributed by atoms with E-state index >= 15 is 0 Å². The van der Waals surface area contributed by atoms with Crippen molar-refractivity contribution in [2.45, 2.75) is 37.8 Å². The number of H-pyrrole nitrogens is 1. The summed E-state index contributed by atoms with van der Waals surface area (Å²) in [5.74, 6) is 1.23. The molecule has 1 aromatic heterocycles. The van der Waals surface area contributed by atoms with Crippen LogP contribution >= 0.6 is 0 Å². The summed E-state index contributed by atoms with van der Waals surface area (Å²) in [5, 5.41) is 0.152. The minimum absolute atomic E-state index is 0.0913. The number of aromatic nitrogens is 2. The Hall–Kier alpha value is -0.880. The number of sulfonamides is 1. The van der Waals surface area contributed by atoms with Crippen LogP contribution in [0.1, 0.15) is 25.6 Å². The summed E-state index contributed by atoms with van der Waals surface area (Å²) in [6.07, 6.45) is 3.19. The standard InChI is InChI=1S/C9H15N3O2S/c1-6-3-8(4-6)12-15(13,14)9-5-10-7(2)11-9/h5-6,8,12H,3-4H2,1-2H3,(H,10,11). The van der Waals surface area contributed by atoms with Crippen molar-refractivity contribution >= 4 is 10.0 Å². The van der Waals surface area contributed by atoms with Crippen LogP contribution in [0.15, 0.2) is 11.2 Å². The van der Waals surface area contributed by atoms with Crippen molar-refractivity contribution in [1.82, 2.24) is 14.7 Å². The van der Waals surface area contributed by atoms with Gasteiger partial charge in [-0.3, -0.25) is 0 Å². The van der Waals surface area contributed by atoms with Gasteiger partial charge in [0.2, 0.25) is 0 Å². The molecule has 0 amide bonds. The highest BCUT2D eigenvalue weighted by Gasteiger charge is 2.30. The van der Waals surface area contributed by atoms with E-state index in [9.17, 15) is 8.42 Å². The van der Waals surface area contributed by atoms with E-state index in [0.29, 0.717) is 11.7 Å². The first-order valence-electron chi connectivity index (χ1n) is 5.01. The van der Waals surface area contributed by atoms with Crippen molar-refractivity contribution < 1.29 is 8.42 Å². The smallest absolute Gasteiger partial charge is 0.257 e. The normalized spacial score (nSPS) is 26.3. The molecule has 1 saturated carbocycles. The Bertz CT molecular complexity index is 446. The lowest BCUT2D eigenvalue weighted by molar-refractivity contribution is 0.270. The molecule has 1 aliphatic carbocycles. The number of nitrogens with zero attached hydrogens (tertiary/aromatic N) is 1. The van der Waals surface area contributed by atoms with Gasteiger partial charge >= 0.3 is 0 Å². The number of aryl methyl sites for hydroxylation is 1. The molecule has 0 unspecified atom stereocenters. The van der Waals surface area contributed by atoms with E-state index in [1.54, 1.807) is 6.92 Å². The molecule has 1 fully saturated rings. The third-order valence-corrected chi connectivity index (χ3v) is 4.09. The van der Waals surface area contributed by atoms with Gasteiger partial charge < -0.3 is 4.98 Å². The lowest BCUT2D eigenvalue weighted by Crippen LogP contribution is -2.43. The van der Waals surface area contributed by atoms with Gasteiger partial charge in [0.15, 0.2) is 5.03 Å². The third-order valence-electron chi connectivity index (χ3n) is 2.66. The van der Waals surface area contributed by atoms with E-state index in [4.69, 9.17) is 0 Å². The van der Waals surface area contributed by atoms with Gasteiger partial charge in [0, 0.05) is 6.04 Å². The number of nitrogens with one attached hydrogen (secondary N) is 2. The summed E-state index contributed by atoms with van der Waals surface area (Å²) in [7, 11) is -3.39. The van der Waals surface area contributed by atoms with Crippen molar-refractivity contribution in [2.24, 2.45) is 5.92 Å². The molecule has 0 aliphatic heterocycles. The Balaban J connectivity index is 2.07. The van der Waals surface area contributed by atoms with E-state index in [2.05, 4.69) is 21.6 Å². The molecule has 0 bridgehead atoms. The van der Waals surface area contributed by atoms with Crippen molar-refractivity contribution in [3.8, 4) is 0 Å². The lowest BCUT2D eigenvalue weighted by atomic mass is 9.83. The Kier molecular flexibility index (Phi) is 2.56. The van der Waals surface area contributed by atoms with Gasteiger partial charge in [0.05, 0.1) is 6.20 Å². The van der Waals surface area contributed by atoms with Crippen LogP contribution in [0, 0.1) is 12.8 Å². The molecule has 6 heteroatoms. The zero-order chi connectivity index (χ0) is 11.1. The first kappa shape index (κ1) is 10.6. The van der Waals surface area contributed by atoms with Gasteiger partial charge in [-0.1, -0.05) is 6.92 Å². The maximum absolute atomic E-state index is 11.8. The topological polar surface area (TPSA) is 74.8 Å². The van der Waals surface area contributed by atoms with Gasteiger partial charge in [0.1, 0.15) is 5.82 Å². The molecule has 1 aliphatic rings. The quantitative estimate of drug-likeness (QED) is 0.804. The zero-order valence-corrected chi connectivity index (χ0v) is 9.63. The van der Waals surface area contributed by atoms with E-state index in [1.807, 2.05) is 0 Å². The van der Waals surface area contributed by atoms with E-state index < -0.39 is 10.0 Å². The number of hydrogen-bond donors (Lipinski definition) is 2. The van der Waals surface area contributed by atoms with Crippen LogP contribution in [0.25, 0.3) is 0 Å². The first-order chi connectivity index (χ1) is 6.97. The predicted octanol–water partition coefficient (Wildman–Crippen LogP) is 0.795. The van der Waals surface area contributed by atoms with E-state index in [0.717, 1.165) is 12.8 Å². The average Bonchev–Trinajstić information content (AvgIpc) is 2.49. The average molecular weight is 229 g/mol. The maximum Gasteiger partial charge on any atom is 0.257 e. The molecule has 2 rings (SSSR count). The summed E-state index contributed by atoms with van der Waals surface area (Å²) in [4.78, 5) is 6.59. The van der Waals surface area contributed by atoms with Crippen LogP contribution in [0.4, 0.5) is 0 Å². The lowest BCUT2D eigenvalue weighted by Gasteiger charge is -2.32.